The van der Waals surface area contributed by atoms with Gasteiger partial charge in [-0.05, 0) is 24.5 Å². The standard InChI is InChI=1S/C19H32O6S.K/c1-2-3-4-5-6-7-8-11-18-12-9-10-13-19(18)24-16-14-23-15-17-25-26(20,21)22;/h9-10,12-13H,2-8,11,14-17H2,1H3,(H,20,21,22);/q;+1/p-1. The number of rotatable bonds is 16. The summed E-state index contributed by atoms with van der Waals surface area (Å²) in [7, 11) is -4.64. The molecule has 150 valence electrons. The maximum absolute atomic E-state index is 10.3. The van der Waals surface area contributed by atoms with Crippen molar-refractivity contribution < 1.29 is 78.0 Å². The first-order chi connectivity index (χ1) is 12.5. The molecule has 0 spiro atoms. The molecule has 0 radical (unpaired) electrons. The van der Waals surface area contributed by atoms with E-state index < -0.39 is 10.4 Å². The molecular formula is C19H31KO6S. The molecular weight excluding hydrogens is 395 g/mol. The van der Waals surface area contributed by atoms with Gasteiger partial charge in [-0.2, -0.15) is 0 Å². The van der Waals surface area contributed by atoms with Crippen molar-refractivity contribution in [3.63, 3.8) is 0 Å². The molecule has 6 nitrogen and oxygen atoms in total. The van der Waals surface area contributed by atoms with Gasteiger partial charge in [-0.15, -0.1) is 0 Å². The molecule has 27 heavy (non-hydrogen) atoms. The van der Waals surface area contributed by atoms with Crippen LogP contribution in [0, 0.1) is 0 Å². The Morgan fingerprint density at radius 1 is 0.889 bits per heavy atom. The first-order valence-corrected chi connectivity index (χ1v) is 10.7. The molecule has 0 atom stereocenters. The average Bonchev–Trinajstić information content (AvgIpc) is 2.60. The summed E-state index contributed by atoms with van der Waals surface area (Å²) in [6, 6.07) is 7.99. The second-order valence-corrected chi connectivity index (χ2v) is 7.22. The van der Waals surface area contributed by atoms with E-state index in [9.17, 15) is 13.0 Å². The third-order valence-electron chi connectivity index (χ3n) is 3.96. The van der Waals surface area contributed by atoms with Crippen molar-refractivity contribution in [2.45, 2.75) is 58.3 Å². The van der Waals surface area contributed by atoms with Crippen LogP contribution < -0.4 is 56.1 Å². The molecule has 0 unspecified atom stereocenters. The monoisotopic (exact) mass is 426 g/mol. The van der Waals surface area contributed by atoms with Crippen LogP contribution in [0.5, 0.6) is 5.75 Å². The van der Waals surface area contributed by atoms with Crippen LogP contribution in [0.1, 0.15) is 57.4 Å². The molecule has 1 aromatic carbocycles. The van der Waals surface area contributed by atoms with Crippen molar-refractivity contribution in [3.05, 3.63) is 29.8 Å². The molecule has 0 amide bonds. The van der Waals surface area contributed by atoms with E-state index >= 15 is 0 Å². The zero-order valence-electron chi connectivity index (χ0n) is 16.7. The maximum atomic E-state index is 10.3. The van der Waals surface area contributed by atoms with E-state index in [1.165, 1.54) is 44.1 Å². The Morgan fingerprint density at radius 3 is 2.22 bits per heavy atom. The molecule has 0 fully saturated rings. The van der Waals surface area contributed by atoms with Crippen LogP contribution in [0.25, 0.3) is 0 Å². The van der Waals surface area contributed by atoms with Gasteiger partial charge in [-0.25, -0.2) is 8.42 Å². The van der Waals surface area contributed by atoms with E-state index in [0.29, 0.717) is 13.2 Å². The van der Waals surface area contributed by atoms with E-state index in [1.807, 2.05) is 18.2 Å². The van der Waals surface area contributed by atoms with Gasteiger partial charge < -0.3 is 14.0 Å². The van der Waals surface area contributed by atoms with Crippen LogP contribution >= 0.6 is 0 Å². The molecule has 0 saturated carbocycles. The average molecular weight is 427 g/mol. The van der Waals surface area contributed by atoms with Crippen molar-refractivity contribution in [1.82, 2.24) is 0 Å². The van der Waals surface area contributed by atoms with E-state index in [0.717, 1.165) is 18.6 Å². The first kappa shape index (κ1) is 27.5. The SMILES string of the molecule is CCCCCCCCCc1ccccc1OCCOCCOS(=O)(=O)[O-].[K+]. The minimum absolute atomic E-state index is 0. The van der Waals surface area contributed by atoms with E-state index in [-0.39, 0.29) is 64.6 Å². The summed E-state index contributed by atoms with van der Waals surface area (Å²) in [4.78, 5) is 0. The Labute approximate surface area is 206 Å². The van der Waals surface area contributed by atoms with Crippen LogP contribution in [0.2, 0.25) is 0 Å². The fraction of sp³-hybridized carbons (Fsp3) is 0.684. The van der Waals surface area contributed by atoms with Crippen LogP contribution in [-0.4, -0.2) is 39.4 Å². The quantitative estimate of drug-likeness (QED) is 0.169. The third kappa shape index (κ3) is 16.0. The normalized spacial score (nSPS) is 11.2. The van der Waals surface area contributed by atoms with Crippen molar-refractivity contribution in [3.8, 4) is 5.75 Å². The summed E-state index contributed by atoms with van der Waals surface area (Å²) in [5, 5.41) is 0. The molecule has 0 aliphatic carbocycles. The van der Waals surface area contributed by atoms with Gasteiger partial charge in [0.15, 0.2) is 0 Å². The number of unbranched alkanes of at least 4 members (excludes halogenated alkanes) is 6. The van der Waals surface area contributed by atoms with Gasteiger partial charge in [0.1, 0.15) is 12.4 Å². The minimum Gasteiger partial charge on any atom is -0.726 e. The Morgan fingerprint density at radius 2 is 1.52 bits per heavy atom. The van der Waals surface area contributed by atoms with Gasteiger partial charge >= 0.3 is 51.4 Å². The molecule has 0 aliphatic rings. The van der Waals surface area contributed by atoms with Gasteiger partial charge in [-0.1, -0.05) is 63.6 Å². The molecule has 0 aromatic heterocycles. The number of ether oxygens (including phenoxy) is 2. The van der Waals surface area contributed by atoms with E-state index in [4.69, 9.17) is 9.47 Å². The summed E-state index contributed by atoms with van der Waals surface area (Å²) in [5.74, 6) is 0.862. The molecule has 0 aliphatic heterocycles. The van der Waals surface area contributed by atoms with Gasteiger partial charge in [0.05, 0.1) is 19.8 Å². The van der Waals surface area contributed by atoms with Crippen LogP contribution in [0.4, 0.5) is 0 Å². The van der Waals surface area contributed by atoms with Crippen LogP contribution in [0.15, 0.2) is 24.3 Å². The summed E-state index contributed by atoms with van der Waals surface area (Å²) in [5.41, 5.74) is 1.20. The van der Waals surface area contributed by atoms with Crippen LogP contribution in [-0.2, 0) is 25.7 Å². The smallest absolute Gasteiger partial charge is 0.726 e. The number of para-hydroxylation sites is 1. The minimum atomic E-state index is -4.64. The largest absolute Gasteiger partial charge is 1.00 e. The molecule has 0 heterocycles. The van der Waals surface area contributed by atoms with E-state index in [2.05, 4.69) is 17.2 Å². The summed E-state index contributed by atoms with van der Waals surface area (Å²) < 4.78 is 45.8. The summed E-state index contributed by atoms with van der Waals surface area (Å²) in [6.45, 7) is 2.64. The molecule has 1 aromatic rings. The maximum Gasteiger partial charge on any atom is 1.00 e. The van der Waals surface area contributed by atoms with Gasteiger partial charge in [0, 0.05) is 0 Å². The topological polar surface area (TPSA) is 84.9 Å². The summed E-state index contributed by atoms with van der Waals surface area (Å²) >= 11 is 0. The molecule has 0 N–H and O–H groups in total. The summed E-state index contributed by atoms with van der Waals surface area (Å²) in [6.07, 6.45) is 9.95. The number of aryl methyl sites for hydroxylation is 1. The first-order valence-electron chi connectivity index (χ1n) is 9.41. The zero-order chi connectivity index (χ0) is 19.1. The van der Waals surface area contributed by atoms with Crippen molar-refractivity contribution >= 4 is 10.4 Å². The Bertz CT molecular complexity index is 579. The zero-order valence-corrected chi connectivity index (χ0v) is 20.6. The predicted molar refractivity (Wildman–Crippen MR) is 100 cm³/mol. The Balaban J connectivity index is 0.00000676. The van der Waals surface area contributed by atoms with Crippen LogP contribution in [0.3, 0.4) is 0 Å². The predicted octanol–water partition coefficient (Wildman–Crippen LogP) is 0.856. The van der Waals surface area contributed by atoms with Crippen molar-refractivity contribution in [2.75, 3.05) is 26.4 Å². The second kappa shape index (κ2) is 17.4. The van der Waals surface area contributed by atoms with Crippen molar-refractivity contribution in [2.24, 2.45) is 0 Å². The Kier molecular flexibility index (Phi) is 17.7. The molecule has 0 bridgehead atoms. The van der Waals surface area contributed by atoms with Gasteiger partial charge in [-0.3, -0.25) is 4.18 Å². The Hall–Kier alpha value is 0.486. The fourth-order valence-corrected chi connectivity index (χ4v) is 2.90. The van der Waals surface area contributed by atoms with Crippen molar-refractivity contribution in [1.29, 1.82) is 0 Å². The van der Waals surface area contributed by atoms with Gasteiger partial charge in [0.25, 0.3) is 0 Å². The second-order valence-electron chi connectivity index (χ2n) is 6.17. The number of hydrogen-bond donors (Lipinski definition) is 0. The molecule has 1 rings (SSSR count). The third-order valence-corrected chi connectivity index (χ3v) is 4.42. The molecule has 8 heteroatoms. The number of benzene rings is 1. The van der Waals surface area contributed by atoms with Gasteiger partial charge in [0.2, 0.25) is 10.4 Å². The fourth-order valence-electron chi connectivity index (χ4n) is 2.63. The number of hydrogen-bond acceptors (Lipinski definition) is 6. The van der Waals surface area contributed by atoms with E-state index in [1.54, 1.807) is 0 Å². The molecule has 0 saturated heterocycles.